The third-order valence-corrected chi connectivity index (χ3v) is 5.27. The zero-order chi connectivity index (χ0) is 12.0. The van der Waals surface area contributed by atoms with Crippen molar-refractivity contribution in [3.8, 4) is 0 Å². The summed E-state index contributed by atoms with van der Waals surface area (Å²) >= 11 is 1.01. The van der Waals surface area contributed by atoms with Crippen LogP contribution in [0, 0.1) is 0 Å². The molecule has 1 heterocycles. The molecule has 0 aromatic heterocycles. The molecular weight excluding hydrogens is 249 g/mol. The molecule has 0 spiro atoms. The van der Waals surface area contributed by atoms with Gasteiger partial charge in [-0.05, 0) is 25.2 Å². The number of nitrogens with zero attached hydrogens (tertiary/aromatic N) is 1. The van der Waals surface area contributed by atoms with Crippen LogP contribution in [0.3, 0.4) is 0 Å². The average molecular weight is 269 g/mol. The van der Waals surface area contributed by atoms with Crippen LogP contribution in [-0.4, -0.2) is 54.5 Å². The highest BCUT2D eigenvalue weighted by Gasteiger charge is 2.22. The number of rotatable bonds is 6. The monoisotopic (exact) mass is 269 g/mol. The molecule has 1 atom stereocenters. The molecule has 1 rings (SSSR count). The number of hydrogen-bond donors (Lipinski definition) is 1. The Hall–Kier alpha value is 0.420. The second-order valence-electron chi connectivity index (χ2n) is 3.91. The maximum absolute atomic E-state index is 11.5. The van der Waals surface area contributed by atoms with Crippen LogP contribution in [0.25, 0.3) is 0 Å². The minimum Gasteiger partial charge on any atom is -0.379 e. The minimum absolute atomic E-state index is 0.216. The van der Waals surface area contributed by atoms with Crippen molar-refractivity contribution in [2.75, 3.05) is 38.6 Å². The number of ether oxygens (including phenoxy) is 1. The Morgan fingerprint density at radius 1 is 1.50 bits per heavy atom. The summed E-state index contributed by atoms with van der Waals surface area (Å²) in [5.41, 5.74) is 0. The zero-order valence-corrected chi connectivity index (χ0v) is 11.5. The molecule has 7 heteroatoms. The van der Waals surface area contributed by atoms with Gasteiger partial charge in [0.2, 0.25) is 0 Å². The van der Waals surface area contributed by atoms with Crippen LogP contribution >= 0.6 is 18.2 Å². The van der Waals surface area contributed by atoms with Gasteiger partial charge < -0.3 is 9.63 Å². The molecule has 1 N–H and O–H groups in total. The van der Waals surface area contributed by atoms with Gasteiger partial charge in [-0.25, -0.2) is 4.57 Å². The smallest absolute Gasteiger partial charge is 0.379 e. The van der Waals surface area contributed by atoms with Gasteiger partial charge in [0.05, 0.1) is 19.3 Å². The van der Waals surface area contributed by atoms with Crippen molar-refractivity contribution in [3.05, 3.63) is 0 Å². The highest BCUT2D eigenvalue weighted by molar-refractivity contribution is 8.54. The van der Waals surface area contributed by atoms with Crippen molar-refractivity contribution in [1.29, 1.82) is 0 Å². The maximum Gasteiger partial charge on any atom is 0.386 e. The van der Waals surface area contributed by atoms with Crippen LogP contribution in [-0.2, 0) is 13.8 Å². The summed E-state index contributed by atoms with van der Waals surface area (Å²) in [4.78, 5) is 11.7. The molecule has 0 aliphatic carbocycles. The van der Waals surface area contributed by atoms with Gasteiger partial charge in [0, 0.05) is 25.4 Å². The van der Waals surface area contributed by atoms with E-state index in [4.69, 9.17) is 9.26 Å². The maximum atomic E-state index is 11.5. The Labute approximate surface area is 101 Å². The fourth-order valence-corrected chi connectivity index (χ4v) is 4.21. The van der Waals surface area contributed by atoms with Crippen LogP contribution < -0.4 is 0 Å². The third-order valence-electron chi connectivity index (χ3n) is 2.11. The fourth-order valence-electron chi connectivity index (χ4n) is 1.41. The van der Waals surface area contributed by atoms with Crippen molar-refractivity contribution < 1.29 is 18.7 Å². The molecule has 0 aromatic carbocycles. The number of hydrogen-bond acceptors (Lipinski definition) is 5. The van der Waals surface area contributed by atoms with E-state index in [2.05, 4.69) is 4.90 Å². The van der Waals surface area contributed by atoms with E-state index in [1.807, 2.05) is 0 Å². The van der Waals surface area contributed by atoms with Crippen molar-refractivity contribution in [2.24, 2.45) is 0 Å². The van der Waals surface area contributed by atoms with Gasteiger partial charge in [-0.15, -0.1) is 0 Å². The fraction of sp³-hybridized carbons (Fsp3) is 1.00. The predicted octanol–water partition coefficient (Wildman–Crippen LogP) is 1.58. The van der Waals surface area contributed by atoms with Crippen LogP contribution in [0.15, 0.2) is 0 Å². The molecule has 0 aromatic rings. The summed E-state index contributed by atoms with van der Waals surface area (Å²) in [6.07, 6.45) is -0.216. The first-order valence-corrected chi connectivity index (χ1v) is 8.62. The average Bonchev–Trinajstić information content (AvgIpc) is 2.16. The van der Waals surface area contributed by atoms with E-state index < -0.39 is 6.80 Å². The van der Waals surface area contributed by atoms with E-state index in [1.165, 1.54) is 0 Å². The standard InChI is InChI=1S/C9H20NO4PS/c1-9(2)14-15(11,12)16-8-5-10-3-6-13-7-4-10/h9H,3-8H2,1-2H3,(H,11,12). The molecule has 0 radical (unpaired) electrons. The molecule has 0 bridgehead atoms. The Morgan fingerprint density at radius 2 is 2.12 bits per heavy atom. The summed E-state index contributed by atoms with van der Waals surface area (Å²) in [5, 5.41) is 0. The Bertz CT molecular complexity index is 246. The van der Waals surface area contributed by atoms with E-state index in [1.54, 1.807) is 13.8 Å². The largest absolute Gasteiger partial charge is 0.386 e. The Balaban J connectivity index is 2.15. The van der Waals surface area contributed by atoms with Gasteiger partial charge in [0.1, 0.15) is 0 Å². The molecule has 1 aliphatic rings. The topological polar surface area (TPSA) is 59.0 Å². The lowest BCUT2D eigenvalue weighted by Gasteiger charge is -2.26. The van der Waals surface area contributed by atoms with Gasteiger partial charge >= 0.3 is 6.80 Å². The van der Waals surface area contributed by atoms with Gasteiger partial charge in [0.15, 0.2) is 0 Å². The van der Waals surface area contributed by atoms with E-state index in [0.717, 1.165) is 44.2 Å². The zero-order valence-electron chi connectivity index (χ0n) is 9.79. The SMILES string of the molecule is CC(C)OP(=O)(O)SCCN1CCOCC1. The van der Waals surface area contributed by atoms with Crippen LogP contribution in [0.2, 0.25) is 0 Å². The lowest BCUT2D eigenvalue weighted by molar-refractivity contribution is 0.0410. The second kappa shape index (κ2) is 6.99. The Kier molecular flexibility index (Phi) is 6.32. The van der Waals surface area contributed by atoms with Gasteiger partial charge in [-0.3, -0.25) is 9.42 Å². The summed E-state index contributed by atoms with van der Waals surface area (Å²) < 4.78 is 21.7. The molecular formula is C9H20NO4PS. The molecule has 5 nitrogen and oxygen atoms in total. The summed E-state index contributed by atoms with van der Waals surface area (Å²) in [7, 11) is 0. The second-order valence-corrected chi connectivity index (χ2v) is 7.88. The van der Waals surface area contributed by atoms with Crippen molar-refractivity contribution in [3.63, 3.8) is 0 Å². The quantitative estimate of drug-likeness (QED) is 0.739. The number of morpholine rings is 1. The lowest BCUT2D eigenvalue weighted by Crippen LogP contribution is -2.37. The highest BCUT2D eigenvalue weighted by atomic mass is 32.7. The van der Waals surface area contributed by atoms with E-state index >= 15 is 0 Å². The lowest BCUT2D eigenvalue weighted by atomic mass is 10.4. The molecule has 1 aliphatic heterocycles. The first kappa shape index (κ1) is 14.5. The third kappa shape index (κ3) is 6.23. The highest BCUT2D eigenvalue weighted by Crippen LogP contribution is 2.56. The minimum atomic E-state index is -3.46. The first-order valence-electron chi connectivity index (χ1n) is 5.45. The van der Waals surface area contributed by atoms with E-state index in [0.29, 0.717) is 5.75 Å². The molecule has 1 fully saturated rings. The molecule has 1 saturated heterocycles. The molecule has 0 saturated carbocycles. The van der Waals surface area contributed by atoms with Crippen molar-refractivity contribution in [1.82, 2.24) is 4.90 Å². The van der Waals surface area contributed by atoms with Crippen LogP contribution in [0.5, 0.6) is 0 Å². The summed E-state index contributed by atoms with van der Waals surface area (Å²) in [6, 6.07) is 0. The van der Waals surface area contributed by atoms with Crippen molar-refractivity contribution >= 4 is 18.2 Å². The van der Waals surface area contributed by atoms with Crippen LogP contribution in [0.4, 0.5) is 0 Å². The first-order chi connectivity index (χ1) is 7.49. The van der Waals surface area contributed by atoms with E-state index in [-0.39, 0.29) is 6.10 Å². The van der Waals surface area contributed by atoms with Gasteiger partial charge in [-0.1, -0.05) is 0 Å². The Morgan fingerprint density at radius 3 is 2.69 bits per heavy atom. The molecule has 96 valence electrons. The van der Waals surface area contributed by atoms with Gasteiger partial charge in [0.25, 0.3) is 0 Å². The van der Waals surface area contributed by atoms with Gasteiger partial charge in [-0.2, -0.15) is 0 Å². The normalized spacial score (nSPS) is 22.2. The molecule has 16 heavy (non-hydrogen) atoms. The van der Waals surface area contributed by atoms with Crippen molar-refractivity contribution in [2.45, 2.75) is 20.0 Å². The predicted molar refractivity (Wildman–Crippen MR) is 65.8 cm³/mol. The molecule has 0 amide bonds. The van der Waals surface area contributed by atoms with E-state index in [9.17, 15) is 9.46 Å². The van der Waals surface area contributed by atoms with Crippen LogP contribution in [0.1, 0.15) is 13.8 Å². The summed E-state index contributed by atoms with van der Waals surface area (Å²) in [5.74, 6) is 0.612. The molecule has 1 unspecified atom stereocenters. The summed E-state index contributed by atoms with van der Waals surface area (Å²) in [6.45, 7) is 4.17.